The number of urea groups is 1. The summed E-state index contributed by atoms with van der Waals surface area (Å²) in [5.41, 5.74) is 2.70. The van der Waals surface area contributed by atoms with Crippen LogP contribution in [0.25, 0.3) is 0 Å². The minimum Gasteiger partial charge on any atom is -0.469 e. The lowest BCUT2D eigenvalue weighted by molar-refractivity contribution is 0.231. The van der Waals surface area contributed by atoms with Crippen LogP contribution in [0.3, 0.4) is 0 Å². The number of amides is 2. The quantitative estimate of drug-likeness (QED) is 0.886. The smallest absolute Gasteiger partial charge is 0.315 e. The number of hydrogen-bond donors (Lipinski definition) is 2. The Bertz CT molecular complexity index is 740. The number of carbonyl (C=O) groups excluding carboxylic acids is 1. The van der Waals surface area contributed by atoms with Crippen LogP contribution in [0.4, 0.5) is 9.18 Å². The van der Waals surface area contributed by atoms with Crippen LogP contribution in [0.15, 0.2) is 34.9 Å². The normalized spacial score (nSPS) is 22.3. The van der Waals surface area contributed by atoms with Gasteiger partial charge < -0.3 is 15.1 Å². The second-order valence-corrected chi connectivity index (χ2v) is 6.26. The van der Waals surface area contributed by atoms with Gasteiger partial charge >= 0.3 is 6.03 Å². The van der Waals surface area contributed by atoms with Gasteiger partial charge in [0.2, 0.25) is 0 Å². The van der Waals surface area contributed by atoms with E-state index < -0.39 is 0 Å². The van der Waals surface area contributed by atoms with Gasteiger partial charge in [-0.15, -0.1) is 0 Å². The maximum atomic E-state index is 13.8. The van der Waals surface area contributed by atoms with E-state index >= 15 is 0 Å². The molecule has 120 valence electrons. The number of aryl methyl sites for hydroxylation is 1. The molecule has 2 N–H and O–H groups in total. The van der Waals surface area contributed by atoms with Crippen molar-refractivity contribution in [3.05, 3.63) is 58.8 Å². The summed E-state index contributed by atoms with van der Waals surface area (Å²) in [6.45, 7) is 0. The van der Waals surface area contributed by atoms with Crippen LogP contribution in [0.1, 0.15) is 53.8 Å². The van der Waals surface area contributed by atoms with E-state index in [1.807, 2.05) is 12.1 Å². The summed E-state index contributed by atoms with van der Waals surface area (Å²) in [5.74, 6) is 0.789. The SMILES string of the molecule is O=C(NC1CCCc2occc21)NC1CCc2c(F)cccc21. The Morgan fingerprint density at radius 1 is 1.09 bits per heavy atom. The van der Waals surface area contributed by atoms with Gasteiger partial charge in [-0.2, -0.15) is 0 Å². The van der Waals surface area contributed by atoms with Crippen molar-refractivity contribution in [2.24, 2.45) is 0 Å². The molecule has 0 spiro atoms. The van der Waals surface area contributed by atoms with Gasteiger partial charge in [0.15, 0.2) is 0 Å². The Balaban J connectivity index is 1.44. The van der Waals surface area contributed by atoms with E-state index in [4.69, 9.17) is 4.42 Å². The van der Waals surface area contributed by atoms with Gasteiger partial charge in [-0.3, -0.25) is 0 Å². The maximum absolute atomic E-state index is 13.8. The summed E-state index contributed by atoms with van der Waals surface area (Å²) in [4.78, 5) is 12.3. The van der Waals surface area contributed by atoms with Crippen molar-refractivity contribution in [2.75, 3.05) is 0 Å². The number of benzene rings is 1. The topological polar surface area (TPSA) is 54.3 Å². The standard InChI is InChI=1S/C18H19FN2O2/c19-14-4-1-3-12-11(14)7-8-16(12)21-18(22)20-15-5-2-6-17-13(15)9-10-23-17/h1,3-4,9-10,15-16H,2,5-8H2,(H2,20,21,22). The van der Waals surface area contributed by atoms with E-state index in [9.17, 15) is 9.18 Å². The minimum absolute atomic E-state index is 0.00844. The zero-order chi connectivity index (χ0) is 15.8. The molecule has 2 aliphatic carbocycles. The zero-order valence-corrected chi connectivity index (χ0v) is 12.8. The highest BCUT2D eigenvalue weighted by Gasteiger charge is 2.28. The number of fused-ring (bicyclic) bond motifs is 2. The van der Waals surface area contributed by atoms with Gasteiger partial charge in [0.25, 0.3) is 0 Å². The molecule has 2 amide bonds. The van der Waals surface area contributed by atoms with Crippen LogP contribution >= 0.6 is 0 Å². The molecule has 4 nitrogen and oxygen atoms in total. The van der Waals surface area contributed by atoms with Crippen molar-refractivity contribution in [2.45, 2.75) is 44.2 Å². The molecule has 2 unspecified atom stereocenters. The molecule has 23 heavy (non-hydrogen) atoms. The highest BCUT2D eigenvalue weighted by molar-refractivity contribution is 5.75. The first-order chi connectivity index (χ1) is 11.2. The lowest BCUT2D eigenvalue weighted by Gasteiger charge is -2.24. The van der Waals surface area contributed by atoms with E-state index in [1.54, 1.807) is 12.3 Å². The van der Waals surface area contributed by atoms with Crippen molar-refractivity contribution >= 4 is 6.03 Å². The van der Waals surface area contributed by atoms with E-state index in [1.165, 1.54) is 6.07 Å². The Labute approximate surface area is 134 Å². The first-order valence-corrected chi connectivity index (χ1v) is 8.13. The minimum atomic E-state index is -0.203. The summed E-state index contributed by atoms with van der Waals surface area (Å²) in [5, 5.41) is 6.01. The average Bonchev–Trinajstić information content (AvgIpc) is 3.16. The molecule has 0 aliphatic heterocycles. The Hall–Kier alpha value is -2.30. The summed E-state index contributed by atoms with van der Waals surface area (Å²) < 4.78 is 19.2. The second-order valence-electron chi connectivity index (χ2n) is 6.26. The number of hydrogen-bond acceptors (Lipinski definition) is 2. The number of halogens is 1. The van der Waals surface area contributed by atoms with Crippen molar-refractivity contribution in [1.29, 1.82) is 0 Å². The molecule has 0 radical (unpaired) electrons. The molecule has 0 saturated carbocycles. The zero-order valence-electron chi connectivity index (χ0n) is 12.8. The molecular formula is C18H19FN2O2. The molecule has 2 aliphatic rings. The van der Waals surface area contributed by atoms with Crippen LogP contribution in [0.5, 0.6) is 0 Å². The third kappa shape index (κ3) is 2.60. The molecule has 1 aromatic heterocycles. The third-order valence-corrected chi connectivity index (χ3v) is 4.88. The number of rotatable bonds is 2. The fourth-order valence-electron chi connectivity index (χ4n) is 3.75. The van der Waals surface area contributed by atoms with Crippen molar-refractivity contribution in [3.8, 4) is 0 Å². The van der Waals surface area contributed by atoms with Crippen LogP contribution in [0.2, 0.25) is 0 Å². The molecular weight excluding hydrogens is 295 g/mol. The molecule has 2 aromatic rings. The lowest BCUT2D eigenvalue weighted by Crippen LogP contribution is -2.40. The molecule has 2 atom stereocenters. The molecule has 4 rings (SSSR count). The molecule has 0 fully saturated rings. The number of nitrogens with one attached hydrogen (secondary N) is 2. The first-order valence-electron chi connectivity index (χ1n) is 8.13. The van der Waals surface area contributed by atoms with Gasteiger partial charge in [-0.05, 0) is 48.9 Å². The number of carbonyl (C=O) groups is 1. The van der Waals surface area contributed by atoms with Crippen molar-refractivity contribution in [1.82, 2.24) is 10.6 Å². The fraction of sp³-hybridized carbons (Fsp3) is 0.389. The predicted molar refractivity (Wildman–Crippen MR) is 83.5 cm³/mol. The summed E-state index contributed by atoms with van der Waals surface area (Å²) in [6.07, 6.45) is 5.93. The number of furan rings is 1. The molecule has 0 bridgehead atoms. The third-order valence-electron chi connectivity index (χ3n) is 4.88. The monoisotopic (exact) mass is 314 g/mol. The Morgan fingerprint density at radius 3 is 2.78 bits per heavy atom. The van der Waals surface area contributed by atoms with E-state index in [2.05, 4.69) is 10.6 Å². The molecule has 1 heterocycles. The Morgan fingerprint density at radius 2 is 1.91 bits per heavy atom. The summed E-state index contributed by atoms with van der Waals surface area (Å²) >= 11 is 0. The largest absolute Gasteiger partial charge is 0.469 e. The lowest BCUT2D eigenvalue weighted by atomic mass is 9.93. The van der Waals surface area contributed by atoms with Gasteiger partial charge in [-0.25, -0.2) is 9.18 Å². The predicted octanol–water partition coefficient (Wildman–Crippen LogP) is 3.78. The van der Waals surface area contributed by atoms with Gasteiger partial charge in [-0.1, -0.05) is 12.1 Å². The van der Waals surface area contributed by atoms with E-state index in [0.29, 0.717) is 6.42 Å². The van der Waals surface area contributed by atoms with Crippen LogP contribution in [-0.4, -0.2) is 6.03 Å². The molecule has 1 aromatic carbocycles. The first kappa shape index (κ1) is 14.3. The van der Waals surface area contributed by atoms with Crippen LogP contribution in [0, 0.1) is 5.82 Å². The van der Waals surface area contributed by atoms with Crippen molar-refractivity contribution < 1.29 is 13.6 Å². The Kier molecular flexibility index (Phi) is 3.56. The molecule has 0 saturated heterocycles. The summed E-state index contributed by atoms with van der Waals surface area (Å²) in [7, 11) is 0. The van der Waals surface area contributed by atoms with Gasteiger partial charge in [0.1, 0.15) is 11.6 Å². The van der Waals surface area contributed by atoms with Gasteiger partial charge in [0, 0.05) is 12.0 Å². The highest BCUT2D eigenvalue weighted by atomic mass is 19.1. The van der Waals surface area contributed by atoms with Crippen molar-refractivity contribution in [3.63, 3.8) is 0 Å². The second kappa shape index (κ2) is 5.72. The average molecular weight is 314 g/mol. The van der Waals surface area contributed by atoms with E-state index in [0.717, 1.165) is 48.1 Å². The van der Waals surface area contributed by atoms with Crippen LogP contribution in [-0.2, 0) is 12.8 Å². The maximum Gasteiger partial charge on any atom is 0.315 e. The van der Waals surface area contributed by atoms with E-state index in [-0.39, 0.29) is 23.9 Å². The fourth-order valence-corrected chi connectivity index (χ4v) is 3.75. The molecule has 5 heteroatoms. The van der Waals surface area contributed by atoms with Crippen LogP contribution < -0.4 is 10.6 Å². The van der Waals surface area contributed by atoms with Gasteiger partial charge in [0.05, 0.1) is 18.3 Å². The highest BCUT2D eigenvalue weighted by Crippen LogP contribution is 2.33. The summed E-state index contributed by atoms with van der Waals surface area (Å²) in [6, 6.07) is 6.67.